The normalized spacial score (nSPS) is 12.5. The standard InChI is InChI=1S/C61H108O6/c1-4-7-10-13-16-19-22-24-26-28-30-32-34-36-39-42-45-48-51-54-60(63)66-57-58(56-65-59(62)53-50-47-44-41-38-21-18-15-12-9-6-3)67-61(64)55-52-49-46-43-40-37-35-33-31-29-27-25-23-20-17-14-11-8-5-2/h17,20,25,27,31,33,37,40,46,49,58H,4-16,18-19,21-24,26,28-30,32,34-36,38-39,41-45,47-48,50-57H2,1-3H3/b20-17-,27-25-,33-31-,40-37-,49-46-/t58-/m0/s1. The third-order valence-corrected chi connectivity index (χ3v) is 12.5. The highest BCUT2D eigenvalue weighted by atomic mass is 16.6. The number of carbonyl (C=O) groups is 3. The third kappa shape index (κ3) is 53.9. The predicted molar refractivity (Wildman–Crippen MR) is 288 cm³/mol. The number of hydrogen-bond donors (Lipinski definition) is 0. The number of unbranched alkanes of at least 4 members (excludes halogenated alkanes) is 31. The highest BCUT2D eigenvalue weighted by Crippen LogP contribution is 2.16. The molecule has 6 nitrogen and oxygen atoms in total. The van der Waals surface area contributed by atoms with E-state index in [1.807, 2.05) is 6.08 Å². The summed E-state index contributed by atoms with van der Waals surface area (Å²) in [6, 6.07) is 0. The van der Waals surface area contributed by atoms with Crippen molar-refractivity contribution in [2.45, 2.75) is 297 Å². The highest BCUT2D eigenvalue weighted by Gasteiger charge is 2.19. The lowest BCUT2D eigenvalue weighted by molar-refractivity contribution is -0.166. The average molecular weight is 938 g/mol. The van der Waals surface area contributed by atoms with Crippen LogP contribution in [0.3, 0.4) is 0 Å². The van der Waals surface area contributed by atoms with Crippen LogP contribution in [-0.4, -0.2) is 37.2 Å². The first-order chi connectivity index (χ1) is 33.0. The minimum Gasteiger partial charge on any atom is -0.462 e. The summed E-state index contributed by atoms with van der Waals surface area (Å²) < 4.78 is 16.8. The van der Waals surface area contributed by atoms with E-state index in [-0.39, 0.29) is 37.5 Å². The quantitative estimate of drug-likeness (QED) is 0.0262. The summed E-state index contributed by atoms with van der Waals surface area (Å²) in [4.78, 5) is 38.0. The van der Waals surface area contributed by atoms with Gasteiger partial charge in [-0.25, -0.2) is 0 Å². The third-order valence-electron chi connectivity index (χ3n) is 12.5. The van der Waals surface area contributed by atoms with Gasteiger partial charge in [0, 0.05) is 19.3 Å². The molecule has 0 spiro atoms. The van der Waals surface area contributed by atoms with Crippen LogP contribution in [-0.2, 0) is 28.6 Å². The van der Waals surface area contributed by atoms with Gasteiger partial charge in [0.2, 0.25) is 0 Å². The molecule has 0 fully saturated rings. The van der Waals surface area contributed by atoms with E-state index in [0.717, 1.165) is 64.2 Å². The number of esters is 3. The molecule has 0 aromatic heterocycles. The van der Waals surface area contributed by atoms with E-state index in [1.54, 1.807) is 0 Å². The monoisotopic (exact) mass is 937 g/mol. The molecule has 0 aromatic carbocycles. The molecular formula is C61H108O6. The van der Waals surface area contributed by atoms with Gasteiger partial charge in [0.1, 0.15) is 13.2 Å². The summed E-state index contributed by atoms with van der Waals surface area (Å²) >= 11 is 0. The molecule has 0 aliphatic rings. The number of ether oxygens (including phenoxy) is 3. The van der Waals surface area contributed by atoms with E-state index in [2.05, 4.69) is 75.5 Å². The van der Waals surface area contributed by atoms with Gasteiger partial charge in [-0.15, -0.1) is 0 Å². The van der Waals surface area contributed by atoms with Crippen molar-refractivity contribution < 1.29 is 28.6 Å². The Hall–Kier alpha value is -2.89. The van der Waals surface area contributed by atoms with E-state index in [1.165, 1.54) is 180 Å². The molecular weight excluding hydrogens is 829 g/mol. The first-order valence-electron chi connectivity index (χ1n) is 28.8. The van der Waals surface area contributed by atoms with Crippen LogP contribution in [0.15, 0.2) is 60.8 Å². The van der Waals surface area contributed by atoms with Crippen molar-refractivity contribution in [1.82, 2.24) is 0 Å². The lowest BCUT2D eigenvalue weighted by atomic mass is 10.0. The molecule has 0 aliphatic carbocycles. The molecule has 0 radical (unpaired) electrons. The van der Waals surface area contributed by atoms with E-state index >= 15 is 0 Å². The molecule has 0 aromatic rings. The fourth-order valence-electron chi connectivity index (χ4n) is 8.19. The fraction of sp³-hybridized carbons (Fsp3) is 0.787. The molecule has 0 heterocycles. The van der Waals surface area contributed by atoms with Crippen LogP contribution in [0.1, 0.15) is 290 Å². The van der Waals surface area contributed by atoms with Crippen molar-refractivity contribution >= 4 is 17.9 Å². The molecule has 0 saturated heterocycles. The minimum absolute atomic E-state index is 0.0999. The van der Waals surface area contributed by atoms with E-state index in [9.17, 15) is 14.4 Å². The van der Waals surface area contributed by atoms with Gasteiger partial charge in [-0.3, -0.25) is 14.4 Å². The van der Waals surface area contributed by atoms with Gasteiger partial charge < -0.3 is 14.2 Å². The Kier molecular flexibility index (Phi) is 53.3. The van der Waals surface area contributed by atoms with Crippen molar-refractivity contribution in [2.75, 3.05) is 13.2 Å². The van der Waals surface area contributed by atoms with Crippen molar-refractivity contribution in [2.24, 2.45) is 0 Å². The summed E-state index contributed by atoms with van der Waals surface area (Å²) in [5.74, 6) is -0.971. The second-order valence-corrected chi connectivity index (χ2v) is 19.2. The van der Waals surface area contributed by atoms with Crippen molar-refractivity contribution in [3.63, 3.8) is 0 Å². The molecule has 0 unspecified atom stereocenters. The smallest absolute Gasteiger partial charge is 0.306 e. The summed E-state index contributed by atoms with van der Waals surface area (Å²) in [7, 11) is 0. The molecule has 0 bridgehead atoms. The van der Waals surface area contributed by atoms with Gasteiger partial charge in [0.15, 0.2) is 6.10 Å². The first kappa shape index (κ1) is 64.1. The van der Waals surface area contributed by atoms with E-state index < -0.39 is 6.10 Å². The van der Waals surface area contributed by atoms with Crippen LogP contribution in [0.5, 0.6) is 0 Å². The Morgan fingerprint density at radius 3 is 0.896 bits per heavy atom. The van der Waals surface area contributed by atoms with Crippen LogP contribution in [0.2, 0.25) is 0 Å². The van der Waals surface area contributed by atoms with Crippen LogP contribution >= 0.6 is 0 Å². The second kappa shape index (κ2) is 55.7. The summed E-state index contributed by atoms with van der Waals surface area (Å²) in [5.41, 5.74) is 0. The highest BCUT2D eigenvalue weighted by molar-refractivity contribution is 5.71. The van der Waals surface area contributed by atoms with Crippen LogP contribution in [0.25, 0.3) is 0 Å². The largest absolute Gasteiger partial charge is 0.462 e. The molecule has 0 amide bonds. The maximum atomic E-state index is 12.8. The number of carbonyl (C=O) groups excluding carboxylic acids is 3. The Morgan fingerprint density at radius 1 is 0.299 bits per heavy atom. The molecule has 0 aliphatic heterocycles. The maximum Gasteiger partial charge on any atom is 0.306 e. The molecule has 0 N–H and O–H groups in total. The first-order valence-corrected chi connectivity index (χ1v) is 28.8. The van der Waals surface area contributed by atoms with Crippen molar-refractivity contribution in [3.8, 4) is 0 Å². The molecule has 6 heteroatoms. The summed E-state index contributed by atoms with van der Waals surface area (Å²) in [6.45, 7) is 6.57. The molecule has 388 valence electrons. The lowest BCUT2D eigenvalue weighted by Gasteiger charge is -2.18. The van der Waals surface area contributed by atoms with Crippen molar-refractivity contribution in [1.29, 1.82) is 0 Å². The van der Waals surface area contributed by atoms with Crippen LogP contribution < -0.4 is 0 Å². The van der Waals surface area contributed by atoms with E-state index in [4.69, 9.17) is 14.2 Å². The van der Waals surface area contributed by atoms with Gasteiger partial charge in [-0.1, -0.05) is 274 Å². The van der Waals surface area contributed by atoms with Gasteiger partial charge >= 0.3 is 17.9 Å². The molecule has 1 atom stereocenters. The van der Waals surface area contributed by atoms with Crippen molar-refractivity contribution in [3.05, 3.63) is 60.8 Å². The number of allylic oxidation sites excluding steroid dienone is 10. The number of hydrogen-bond acceptors (Lipinski definition) is 6. The molecule has 0 saturated carbocycles. The Morgan fingerprint density at radius 2 is 0.567 bits per heavy atom. The second-order valence-electron chi connectivity index (χ2n) is 19.2. The van der Waals surface area contributed by atoms with Crippen LogP contribution in [0.4, 0.5) is 0 Å². The Labute approximate surface area is 415 Å². The lowest BCUT2D eigenvalue weighted by Crippen LogP contribution is -2.30. The number of rotatable bonds is 52. The van der Waals surface area contributed by atoms with Gasteiger partial charge in [-0.2, -0.15) is 0 Å². The summed E-state index contributed by atoms with van der Waals surface area (Å²) in [6.07, 6.45) is 69.4. The maximum absolute atomic E-state index is 12.8. The zero-order valence-corrected chi connectivity index (χ0v) is 44.4. The molecule has 0 rings (SSSR count). The topological polar surface area (TPSA) is 78.9 Å². The van der Waals surface area contributed by atoms with E-state index in [0.29, 0.717) is 19.3 Å². The zero-order valence-electron chi connectivity index (χ0n) is 44.4. The predicted octanol–water partition coefficient (Wildman–Crippen LogP) is 19.2. The van der Waals surface area contributed by atoms with Gasteiger partial charge in [0.05, 0.1) is 0 Å². The SMILES string of the molecule is CCCCC/C=C\C/C=C\C/C=C\C/C=C\C/C=C\CCC(=O)O[C@@H](COC(=O)CCCCCCCCCCCCC)COC(=O)CCCCCCCCCCCCCCCCCCCCC. The molecule has 67 heavy (non-hydrogen) atoms. The minimum atomic E-state index is -0.810. The van der Waals surface area contributed by atoms with Gasteiger partial charge in [0.25, 0.3) is 0 Å². The Bertz CT molecular complexity index is 1210. The fourth-order valence-corrected chi connectivity index (χ4v) is 8.19. The zero-order chi connectivity index (χ0) is 48.6. The summed E-state index contributed by atoms with van der Waals surface area (Å²) in [5, 5.41) is 0. The average Bonchev–Trinajstić information content (AvgIpc) is 3.33. The Balaban J connectivity index is 4.41. The van der Waals surface area contributed by atoms with Gasteiger partial charge in [-0.05, 0) is 57.8 Å². The van der Waals surface area contributed by atoms with Crippen LogP contribution in [0, 0.1) is 0 Å².